The average molecular weight is 669 g/mol. The first-order chi connectivity index (χ1) is 25.8. The summed E-state index contributed by atoms with van der Waals surface area (Å²) < 4.78 is 12.3. The van der Waals surface area contributed by atoms with Gasteiger partial charge >= 0.3 is 0 Å². The molecule has 2 aromatic heterocycles. The summed E-state index contributed by atoms with van der Waals surface area (Å²) in [5, 5.41) is 4.43. The maximum atomic E-state index is 6.16. The van der Waals surface area contributed by atoms with E-state index in [-0.39, 0.29) is 0 Å². The number of benzene rings is 8. The molecule has 0 radical (unpaired) electrons. The Balaban J connectivity index is 1.04. The molecule has 0 spiro atoms. The summed E-state index contributed by atoms with van der Waals surface area (Å²) in [6, 6.07) is 68.0. The van der Waals surface area contributed by atoms with Crippen LogP contribution in [0.5, 0.6) is 0 Å². The lowest BCUT2D eigenvalue weighted by Crippen LogP contribution is -2.10. The van der Waals surface area contributed by atoms with Crippen LogP contribution in [0.25, 0.3) is 55.0 Å². The van der Waals surface area contributed by atoms with Gasteiger partial charge in [-0.05, 0) is 108 Å². The lowest BCUT2D eigenvalue weighted by Gasteiger charge is -2.26. The number of hydrogen-bond donors (Lipinski definition) is 0. The van der Waals surface area contributed by atoms with Gasteiger partial charge in [0.1, 0.15) is 22.3 Å². The van der Waals surface area contributed by atoms with Crippen LogP contribution in [0, 0.1) is 0 Å². The van der Waals surface area contributed by atoms with Crippen LogP contribution >= 0.6 is 0 Å². The lowest BCUT2D eigenvalue weighted by atomic mass is 10.0. The van der Waals surface area contributed by atoms with E-state index < -0.39 is 0 Å². The van der Waals surface area contributed by atoms with Gasteiger partial charge in [-0.3, -0.25) is 0 Å². The number of anilines is 6. The molecular weight excluding hydrogens is 637 g/mol. The van der Waals surface area contributed by atoms with E-state index in [1.54, 1.807) is 0 Å². The first-order valence-corrected chi connectivity index (χ1v) is 17.5. The molecule has 0 aliphatic heterocycles. The molecule has 0 amide bonds. The van der Waals surface area contributed by atoms with Crippen molar-refractivity contribution in [2.24, 2.45) is 0 Å². The average Bonchev–Trinajstić information content (AvgIpc) is 3.77. The molecule has 4 heteroatoms. The van der Waals surface area contributed by atoms with Crippen LogP contribution in [0.3, 0.4) is 0 Å². The number of fused-ring (bicyclic) bond motifs is 6. The standard InChI is InChI=1S/C48H32N2O2/c1-3-13-35(14-4-1)49(39-26-28-47-43(31-39)41-18-7-9-20-45(41)51-47)37-24-22-33(23-25-37)34-12-11-17-38(30-34)50(36-15-5-2-6-16-36)40-27-29-48-44(32-40)42-19-8-10-21-46(42)52-48/h1-32H. The van der Waals surface area contributed by atoms with Gasteiger partial charge in [0, 0.05) is 55.7 Å². The Hall–Kier alpha value is -7.04. The highest BCUT2D eigenvalue weighted by molar-refractivity contribution is 6.07. The number of hydrogen-bond acceptors (Lipinski definition) is 4. The van der Waals surface area contributed by atoms with E-state index >= 15 is 0 Å². The molecule has 0 saturated heterocycles. The minimum Gasteiger partial charge on any atom is -0.456 e. The van der Waals surface area contributed by atoms with Gasteiger partial charge in [0.2, 0.25) is 0 Å². The van der Waals surface area contributed by atoms with E-state index in [2.05, 4.69) is 180 Å². The Labute approximate surface area is 301 Å². The van der Waals surface area contributed by atoms with Gasteiger partial charge in [0.25, 0.3) is 0 Å². The Bertz CT molecular complexity index is 2850. The highest BCUT2D eigenvalue weighted by atomic mass is 16.3. The quantitative estimate of drug-likeness (QED) is 0.169. The normalized spacial score (nSPS) is 11.5. The van der Waals surface area contributed by atoms with Crippen molar-refractivity contribution in [3.8, 4) is 11.1 Å². The number of nitrogens with zero attached hydrogens (tertiary/aromatic N) is 2. The maximum Gasteiger partial charge on any atom is 0.135 e. The maximum absolute atomic E-state index is 6.16. The summed E-state index contributed by atoms with van der Waals surface area (Å²) in [4.78, 5) is 4.61. The molecule has 0 bridgehead atoms. The van der Waals surface area contributed by atoms with E-state index in [0.717, 1.165) is 89.1 Å². The summed E-state index contributed by atoms with van der Waals surface area (Å²) in [5.74, 6) is 0. The van der Waals surface area contributed by atoms with Crippen LogP contribution in [0.2, 0.25) is 0 Å². The van der Waals surface area contributed by atoms with Gasteiger partial charge in [0.05, 0.1) is 0 Å². The zero-order valence-electron chi connectivity index (χ0n) is 28.2. The summed E-state index contributed by atoms with van der Waals surface area (Å²) in [6.45, 7) is 0. The SMILES string of the molecule is c1ccc(N(c2ccc(-c3cccc(N(c4ccccc4)c4ccc5oc6ccccc6c5c4)c3)cc2)c2ccc3oc4ccccc4c3c2)cc1. The third-order valence-corrected chi connectivity index (χ3v) is 9.83. The summed E-state index contributed by atoms with van der Waals surface area (Å²) in [5.41, 5.74) is 12.3. The summed E-state index contributed by atoms with van der Waals surface area (Å²) in [6.07, 6.45) is 0. The van der Waals surface area contributed by atoms with E-state index in [1.807, 2.05) is 24.3 Å². The number of rotatable bonds is 7. The van der Waals surface area contributed by atoms with Crippen molar-refractivity contribution in [2.45, 2.75) is 0 Å². The first kappa shape index (κ1) is 29.8. The third kappa shape index (κ3) is 5.17. The van der Waals surface area contributed by atoms with Crippen molar-refractivity contribution in [1.82, 2.24) is 0 Å². The fourth-order valence-electron chi connectivity index (χ4n) is 7.38. The van der Waals surface area contributed by atoms with Crippen molar-refractivity contribution in [1.29, 1.82) is 0 Å². The molecule has 10 rings (SSSR count). The van der Waals surface area contributed by atoms with Crippen LogP contribution in [0.1, 0.15) is 0 Å². The predicted octanol–water partition coefficient (Wildman–Crippen LogP) is 14.1. The van der Waals surface area contributed by atoms with E-state index in [4.69, 9.17) is 8.83 Å². The molecule has 246 valence electrons. The second-order valence-electron chi connectivity index (χ2n) is 13.0. The smallest absolute Gasteiger partial charge is 0.135 e. The molecule has 2 heterocycles. The molecular formula is C48H32N2O2. The summed E-state index contributed by atoms with van der Waals surface area (Å²) in [7, 11) is 0. The van der Waals surface area contributed by atoms with Crippen molar-refractivity contribution in [2.75, 3.05) is 9.80 Å². The first-order valence-electron chi connectivity index (χ1n) is 17.5. The Kier molecular flexibility index (Phi) is 7.10. The molecule has 0 saturated carbocycles. The van der Waals surface area contributed by atoms with Crippen molar-refractivity contribution in [3.63, 3.8) is 0 Å². The van der Waals surface area contributed by atoms with Crippen LogP contribution in [0.15, 0.2) is 203 Å². The molecule has 0 unspecified atom stereocenters. The molecule has 0 fully saturated rings. The topological polar surface area (TPSA) is 32.8 Å². The Morgan fingerprint density at radius 3 is 1.21 bits per heavy atom. The molecule has 52 heavy (non-hydrogen) atoms. The van der Waals surface area contributed by atoms with Crippen molar-refractivity contribution >= 4 is 78.0 Å². The fraction of sp³-hybridized carbons (Fsp3) is 0. The van der Waals surface area contributed by atoms with E-state index in [9.17, 15) is 0 Å². The molecule has 10 aromatic rings. The van der Waals surface area contributed by atoms with Crippen molar-refractivity contribution < 1.29 is 8.83 Å². The molecule has 4 nitrogen and oxygen atoms in total. The second-order valence-corrected chi connectivity index (χ2v) is 13.0. The number of furan rings is 2. The Morgan fingerprint density at radius 2 is 0.654 bits per heavy atom. The zero-order chi connectivity index (χ0) is 34.4. The second kappa shape index (κ2) is 12.4. The van der Waals surface area contributed by atoms with Crippen LogP contribution < -0.4 is 9.80 Å². The summed E-state index contributed by atoms with van der Waals surface area (Å²) >= 11 is 0. The van der Waals surface area contributed by atoms with Gasteiger partial charge in [-0.2, -0.15) is 0 Å². The fourth-order valence-corrected chi connectivity index (χ4v) is 7.38. The predicted molar refractivity (Wildman–Crippen MR) is 216 cm³/mol. The van der Waals surface area contributed by atoms with E-state index in [1.165, 1.54) is 0 Å². The number of para-hydroxylation sites is 4. The molecule has 8 aromatic carbocycles. The van der Waals surface area contributed by atoms with Crippen LogP contribution in [-0.2, 0) is 0 Å². The van der Waals surface area contributed by atoms with Gasteiger partial charge in [-0.15, -0.1) is 0 Å². The van der Waals surface area contributed by atoms with E-state index in [0.29, 0.717) is 0 Å². The largest absolute Gasteiger partial charge is 0.456 e. The van der Waals surface area contributed by atoms with Crippen LogP contribution in [-0.4, -0.2) is 0 Å². The van der Waals surface area contributed by atoms with Crippen LogP contribution in [0.4, 0.5) is 34.1 Å². The molecule has 0 atom stereocenters. The minimum absolute atomic E-state index is 0.884. The monoisotopic (exact) mass is 668 g/mol. The molecule has 0 aliphatic carbocycles. The molecule has 0 aliphatic rings. The highest BCUT2D eigenvalue weighted by Crippen LogP contribution is 2.42. The third-order valence-electron chi connectivity index (χ3n) is 9.83. The van der Waals surface area contributed by atoms with Gasteiger partial charge in [0.15, 0.2) is 0 Å². The van der Waals surface area contributed by atoms with Gasteiger partial charge < -0.3 is 18.6 Å². The zero-order valence-corrected chi connectivity index (χ0v) is 28.2. The lowest BCUT2D eigenvalue weighted by molar-refractivity contribution is 0.668. The van der Waals surface area contributed by atoms with Crippen molar-refractivity contribution in [3.05, 3.63) is 194 Å². The molecule has 0 N–H and O–H groups in total. The highest BCUT2D eigenvalue weighted by Gasteiger charge is 2.18. The minimum atomic E-state index is 0.884. The van der Waals surface area contributed by atoms with Gasteiger partial charge in [-0.1, -0.05) is 97.1 Å². The van der Waals surface area contributed by atoms with Gasteiger partial charge in [-0.25, -0.2) is 0 Å². The Morgan fingerprint density at radius 1 is 0.250 bits per heavy atom.